The minimum absolute atomic E-state index is 0.0912. The lowest BCUT2D eigenvalue weighted by Crippen LogP contribution is -2.46. The molecule has 2 atom stereocenters. The predicted octanol–water partition coefficient (Wildman–Crippen LogP) is 2.43. The van der Waals surface area contributed by atoms with Crippen molar-refractivity contribution in [3.8, 4) is 0 Å². The molecule has 0 aromatic heterocycles. The number of hydrogen-bond donors (Lipinski definition) is 0. The van der Waals surface area contributed by atoms with Crippen molar-refractivity contribution in [2.75, 3.05) is 19.6 Å². The van der Waals surface area contributed by atoms with E-state index >= 15 is 0 Å². The normalized spacial score (nSPS) is 27.2. The summed E-state index contributed by atoms with van der Waals surface area (Å²) in [5.41, 5.74) is 0. The maximum atomic E-state index is 12.7. The topological polar surface area (TPSA) is 40.6 Å². The van der Waals surface area contributed by atoms with Crippen molar-refractivity contribution in [1.29, 1.82) is 0 Å². The summed E-state index contributed by atoms with van der Waals surface area (Å²) < 4.78 is 0. The molecule has 0 aromatic rings. The van der Waals surface area contributed by atoms with Crippen molar-refractivity contribution < 1.29 is 9.59 Å². The van der Waals surface area contributed by atoms with Crippen molar-refractivity contribution in [3.05, 3.63) is 0 Å². The van der Waals surface area contributed by atoms with Crippen LogP contribution in [0.2, 0.25) is 0 Å². The Labute approximate surface area is 122 Å². The number of rotatable bonds is 5. The van der Waals surface area contributed by atoms with Crippen LogP contribution in [-0.4, -0.2) is 47.3 Å². The van der Waals surface area contributed by atoms with Gasteiger partial charge in [-0.15, -0.1) is 0 Å². The zero-order valence-corrected chi connectivity index (χ0v) is 12.9. The summed E-state index contributed by atoms with van der Waals surface area (Å²) in [6.07, 6.45) is 7.06. The van der Waals surface area contributed by atoms with Crippen molar-refractivity contribution in [2.24, 2.45) is 5.92 Å². The van der Waals surface area contributed by atoms with Gasteiger partial charge in [0, 0.05) is 32.1 Å². The third-order valence-electron chi connectivity index (χ3n) is 4.73. The molecule has 114 valence electrons. The molecule has 0 bridgehead atoms. The van der Waals surface area contributed by atoms with E-state index in [0.717, 1.165) is 45.2 Å². The van der Waals surface area contributed by atoms with E-state index in [2.05, 4.69) is 18.7 Å². The quantitative estimate of drug-likeness (QED) is 0.776. The van der Waals surface area contributed by atoms with Gasteiger partial charge in [0.2, 0.25) is 11.8 Å². The molecule has 0 unspecified atom stereocenters. The van der Waals surface area contributed by atoms with Gasteiger partial charge in [-0.2, -0.15) is 0 Å². The maximum Gasteiger partial charge on any atom is 0.228 e. The Morgan fingerprint density at radius 2 is 2.10 bits per heavy atom. The number of carbonyl (C=O) groups is 2. The molecule has 4 nitrogen and oxygen atoms in total. The average Bonchev–Trinajstić information content (AvgIpc) is 2.85. The second-order valence-electron chi connectivity index (χ2n) is 6.18. The number of carbonyl (C=O) groups excluding carboxylic acids is 2. The number of unbranched alkanes of at least 4 members (excludes halogenated alkanes) is 1. The summed E-state index contributed by atoms with van der Waals surface area (Å²) in [4.78, 5) is 28.6. The van der Waals surface area contributed by atoms with Crippen LogP contribution in [0.3, 0.4) is 0 Å². The van der Waals surface area contributed by atoms with E-state index in [4.69, 9.17) is 0 Å². The van der Waals surface area contributed by atoms with Gasteiger partial charge in [-0.3, -0.25) is 9.59 Å². The molecular weight excluding hydrogens is 252 g/mol. The van der Waals surface area contributed by atoms with Crippen LogP contribution >= 0.6 is 0 Å². The first-order valence-electron chi connectivity index (χ1n) is 8.25. The molecular formula is C16H28N2O2. The molecule has 20 heavy (non-hydrogen) atoms. The Balaban J connectivity index is 1.94. The first kappa shape index (κ1) is 15.3. The van der Waals surface area contributed by atoms with Gasteiger partial charge in [0.1, 0.15) is 0 Å². The summed E-state index contributed by atoms with van der Waals surface area (Å²) in [7, 11) is 0. The van der Waals surface area contributed by atoms with Crippen molar-refractivity contribution in [3.63, 3.8) is 0 Å². The van der Waals surface area contributed by atoms with Crippen LogP contribution in [0.1, 0.15) is 58.8 Å². The van der Waals surface area contributed by atoms with E-state index in [0.29, 0.717) is 19.0 Å². The molecule has 2 aliphatic rings. The SMILES string of the molecule is CCCCN1C[C@H](C(=O)N2CCCC[C@H]2CC)CC1=O. The Kier molecular flexibility index (Phi) is 5.44. The second-order valence-corrected chi connectivity index (χ2v) is 6.18. The first-order chi connectivity index (χ1) is 9.67. The average molecular weight is 280 g/mol. The fourth-order valence-corrected chi connectivity index (χ4v) is 3.45. The highest BCUT2D eigenvalue weighted by atomic mass is 16.2. The van der Waals surface area contributed by atoms with E-state index in [9.17, 15) is 9.59 Å². The molecule has 2 saturated heterocycles. The highest BCUT2D eigenvalue weighted by molar-refractivity contribution is 5.89. The van der Waals surface area contributed by atoms with Crippen LogP contribution in [-0.2, 0) is 9.59 Å². The van der Waals surface area contributed by atoms with E-state index in [-0.39, 0.29) is 17.7 Å². The largest absolute Gasteiger partial charge is 0.342 e. The molecule has 0 N–H and O–H groups in total. The van der Waals surface area contributed by atoms with Gasteiger partial charge in [0.15, 0.2) is 0 Å². The van der Waals surface area contributed by atoms with Gasteiger partial charge in [-0.05, 0) is 32.1 Å². The van der Waals surface area contributed by atoms with Gasteiger partial charge in [0.25, 0.3) is 0 Å². The molecule has 0 aromatic carbocycles. The third kappa shape index (κ3) is 3.33. The second kappa shape index (κ2) is 7.09. The number of hydrogen-bond acceptors (Lipinski definition) is 2. The summed E-state index contributed by atoms with van der Waals surface area (Å²) in [5.74, 6) is 0.303. The molecule has 0 spiro atoms. The smallest absolute Gasteiger partial charge is 0.228 e. The molecule has 4 heteroatoms. The third-order valence-corrected chi connectivity index (χ3v) is 4.73. The molecule has 2 rings (SSSR count). The van der Waals surface area contributed by atoms with Crippen LogP contribution in [0, 0.1) is 5.92 Å². The lowest BCUT2D eigenvalue weighted by molar-refractivity contribution is -0.139. The molecule has 2 heterocycles. The standard InChI is InChI=1S/C16H28N2O2/c1-3-5-9-17-12-13(11-15(17)19)16(20)18-10-7-6-8-14(18)4-2/h13-14H,3-12H2,1-2H3/t13-,14-/m1/s1. The van der Waals surface area contributed by atoms with Crippen LogP contribution in [0.4, 0.5) is 0 Å². The highest BCUT2D eigenvalue weighted by Crippen LogP contribution is 2.26. The van der Waals surface area contributed by atoms with Crippen molar-refractivity contribution in [1.82, 2.24) is 9.80 Å². The summed E-state index contributed by atoms with van der Waals surface area (Å²) in [5, 5.41) is 0. The number of likely N-dealkylation sites (tertiary alicyclic amines) is 2. The maximum absolute atomic E-state index is 12.7. The first-order valence-corrected chi connectivity index (χ1v) is 8.25. The zero-order valence-electron chi connectivity index (χ0n) is 12.9. The molecule has 2 aliphatic heterocycles. The summed E-state index contributed by atoms with van der Waals surface area (Å²) >= 11 is 0. The van der Waals surface area contributed by atoms with Crippen LogP contribution in [0.5, 0.6) is 0 Å². The Bertz CT molecular complexity index is 356. The fourth-order valence-electron chi connectivity index (χ4n) is 3.45. The van der Waals surface area contributed by atoms with Crippen molar-refractivity contribution >= 4 is 11.8 Å². The fraction of sp³-hybridized carbons (Fsp3) is 0.875. The molecule has 2 amide bonds. The van der Waals surface area contributed by atoms with Gasteiger partial charge < -0.3 is 9.80 Å². The van der Waals surface area contributed by atoms with E-state index in [1.54, 1.807) is 0 Å². The monoisotopic (exact) mass is 280 g/mol. The minimum atomic E-state index is -0.0912. The number of amides is 2. The molecule has 0 radical (unpaired) electrons. The van der Waals surface area contributed by atoms with E-state index in [1.165, 1.54) is 6.42 Å². The van der Waals surface area contributed by atoms with E-state index < -0.39 is 0 Å². The lowest BCUT2D eigenvalue weighted by atomic mass is 9.97. The molecule has 2 fully saturated rings. The Hall–Kier alpha value is -1.06. The van der Waals surface area contributed by atoms with Gasteiger partial charge in [-0.25, -0.2) is 0 Å². The molecule has 0 saturated carbocycles. The predicted molar refractivity (Wildman–Crippen MR) is 79.2 cm³/mol. The summed E-state index contributed by atoms with van der Waals surface area (Å²) in [6, 6.07) is 0.399. The Morgan fingerprint density at radius 1 is 1.30 bits per heavy atom. The van der Waals surface area contributed by atoms with Gasteiger partial charge in [-0.1, -0.05) is 20.3 Å². The van der Waals surface area contributed by atoms with Gasteiger partial charge in [0.05, 0.1) is 5.92 Å². The van der Waals surface area contributed by atoms with E-state index in [1.807, 2.05) is 4.90 Å². The highest BCUT2D eigenvalue weighted by Gasteiger charge is 2.38. The zero-order chi connectivity index (χ0) is 14.5. The molecule has 0 aliphatic carbocycles. The van der Waals surface area contributed by atoms with Crippen LogP contribution in [0.15, 0.2) is 0 Å². The van der Waals surface area contributed by atoms with Crippen LogP contribution in [0.25, 0.3) is 0 Å². The number of nitrogens with zero attached hydrogens (tertiary/aromatic N) is 2. The number of piperidine rings is 1. The lowest BCUT2D eigenvalue weighted by Gasteiger charge is -2.36. The van der Waals surface area contributed by atoms with Crippen molar-refractivity contribution in [2.45, 2.75) is 64.8 Å². The van der Waals surface area contributed by atoms with Crippen LogP contribution < -0.4 is 0 Å². The minimum Gasteiger partial charge on any atom is -0.342 e. The Morgan fingerprint density at radius 3 is 2.80 bits per heavy atom. The summed E-state index contributed by atoms with van der Waals surface area (Å²) in [6.45, 7) is 6.63. The van der Waals surface area contributed by atoms with Gasteiger partial charge >= 0.3 is 0 Å².